The molecule has 5 rings (SSSR count). The summed E-state index contributed by atoms with van der Waals surface area (Å²) in [5, 5.41) is 14.9. The molecule has 0 spiro atoms. The molecule has 0 bridgehead atoms. The molecule has 1 aromatic heterocycles. The number of aromatic nitrogens is 2. The minimum Gasteiger partial charge on any atom is -0.449 e. The number of rotatable bonds is 5. The molecular weight excluding hydrogens is 469 g/mol. The average molecular weight is 492 g/mol. The van der Waals surface area contributed by atoms with Crippen LogP contribution in [0.5, 0.6) is 11.5 Å². The number of nitrogens with zero attached hydrogens (tertiary/aromatic N) is 3. The molecule has 0 amide bonds. The Labute approximate surface area is 206 Å². The van der Waals surface area contributed by atoms with Crippen molar-refractivity contribution in [2.45, 2.75) is 18.9 Å². The highest BCUT2D eigenvalue weighted by Gasteiger charge is 2.24. The van der Waals surface area contributed by atoms with Gasteiger partial charge in [0.25, 0.3) is 0 Å². The van der Waals surface area contributed by atoms with Crippen molar-refractivity contribution in [3.8, 4) is 28.3 Å². The molecule has 1 aliphatic rings. The number of piperidine rings is 1. The van der Waals surface area contributed by atoms with Gasteiger partial charge < -0.3 is 14.7 Å². The van der Waals surface area contributed by atoms with Gasteiger partial charge in [0.05, 0.1) is 18.0 Å². The van der Waals surface area contributed by atoms with E-state index in [1.165, 1.54) is 16.8 Å². The number of anilines is 1. The molecule has 0 aliphatic carbocycles. The molecule has 1 N–H and O–H groups in total. The van der Waals surface area contributed by atoms with Crippen LogP contribution in [0.15, 0.2) is 83.8 Å². The van der Waals surface area contributed by atoms with Crippen LogP contribution in [-0.2, 0) is 0 Å². The molecule has 35 heavy (non-hydrogen) atoms. The zero-order valence-corrected chi connectivity index (χ0v) is 19.5. The van der Waals surface area contributed by atoms with Gasteiger partial charge in [-0.05, 0) is 72.5 Å². The molecule has 0 radical (unpaired) electrons. The van der Waals surface area contributed by atoms with E-state index < -0.39 is 5.56 Å². The Balaban J connectivity index is 1.51. The van der Waals surface area contributed by atoms with Gasteiger partial charge in [-0.25, -0.2) is 4.39 Å². The number of ether oxygens (including phenoxy) is 1. The second kappa shape index (κ2) is 9.90. The highest BCUT2D eigenvalue weighted by Crippen LogP contribution is 2.32. The lowest BCUT2D eigenvalue weighted by molar-refractivity contribution is 0.145. The lowest BCUT2D eigenvalue weighted by atomic mass is 10.1. The summed E-state index contributed by atoms with van der Waals surface area (Å²) in [7, 11) is 0. The van der Waals surface area contributed by atoms with Crippen LogP contribution in [-0.4, -0.2) is 34.1 Å². The van der Waals surface area contributed by atoms with E-state index in [-0.39, 0.29) is 17.7 Å². The highest BCUT2D eigenvalue weighted by atomic mass is 35.5. The maximum Gasteiger partial charge on any atom is 0.316 e. The standard InChI is InChI=1S/C27H23ClFN3O3/c28-20-5-9-22(10-6-20)32-27(34)26(25(17-30-32)31-15-13-23(33)14-16-31)35-24-11-3-19(4-12-24)18-1-7-21(29)8-2-18/h1-12,17,23,33H,13-16H2. The number of aliphatic hydroxyl groups excluding tert-OH is 1. The molecule has 3 aromatic carbocycles. The highest BCUT2D eigenvalue weighted by molar-refractivity contribution is 6.30. The first-order chi connectivity index (χ1) is 17.0. The Bertz CT molecular complexity index is 1370. The van der Waals surface area contributed by atoms with E-state index in [2.05, 4.69) is 5.10 Å². The quantitative estimate of drug-likeness (QED) is 0.402. The van der Waals surface area contributed by atoms with Crippen molar-refractivity contribution in [2.24, 2.45) is 0 Å². The maximum atomic E-state index is 13.5. The Morgan fingerprint density at radius 1 is 0.914 bits per heavy atom. The van der Waals surface area contributed by atoms with Crippen molar-refractivity contribution in [3.63, 3.8) is 0 Å². The van der Waals surface area contributed by atoms with E-state index in [0.29, 0.717) is 48.1 Å². The summed E-state index contributed by atoms with van der Waals surface area (Å²) < 4.78 is 20.7. The Hall–Kier alpha value is -3.68. The molecule has 0 unspecified atom stereocenters. The van der Waals surface area contributed by atoms with Gasteiger partial charge in [-0.3, -0.25) is 4.79 Å². The molecule has 0 atom stereocenters. The molecule has 0 saturated carbocycles. The summed E-state index contributed by atoms with van der Waals surface area (Å²) in [6, 6.07) is 20.3. The zero-order chi connectivity index (χ0) is 24.4. The number of hydrogen-bond donors (Lipinski definition) is 1. The molecular formula is C27H23ClFN3O3. The third-order valence-electron chi connectivity index (χ3n) is 6.04. The summed E-state index contributed by atoms with van der Waals surface area (Å²) in [6.07, 6.45) is 2.48. The molecule has 1 aliphatic heterocycles. The smallest absolute Gasteiger partial charge is 0.316 e. The van der Waals surface area contributed by atoms with Crippen LogP contribution in [0.2, 0.25) is 5.02 Å². The van der Waals surface area contributed by atoms with Gasteiger partial charge >= 0.3 is 5.56 Å². The van der Waals surface area contributed by atoms with E-state index in [1.54, 1.807) is 54.7 Å². The van der Waals surface area contributed by atoms with Crippen molar-refractivity contribution in [2.75, 3.05) is 18.0 Å². The third-order valence-corrected chi connectivity index (χ3v) is 6.29. The van der Waals surface area contributed by atoms with E-state index in [0.717, 1.165) is 11.1 Å². The van der Waals surface area contributed by atoms with Gasteiger partial charge in [-0.15, -0.1) is 0 Å². The van der Waals surface area contributed by atoms with Gasteiger partial charge in [0, 0.05) is 18.1 Å². The first kappa shape index (κ1) is 23.1. The van der Waals surface area contributed by atoms with E-state index >= 15 is 0 Å². The summed E-state index contributed by atoms with van der Waals surface area (Å²) in [5.41, 5.74) is 2.51. The average Bonchev–Trinajstić information content (AvgIpc) is 2.87. The van der Waals surface area contributed by atoms with Crippen LogP contribution in [0.3, 0.4) is 0 Å². The van der Waals surface area contributed by atoms with Gasteiger partial charge in [0.1, 0.15) is 17.3 Å². The van der Waals surface area contributed by atoms with Crippen LogP contribution in [0.25, 0.3) is 16.8 Å². The topological polar surface area (TPSA) is 67.6 Å². The summed E-state index contributed by atoms with van der Waals surface area (Å²) in [4.78, 5) is 15.5. The lowest BCUT2D eigenvalue weighted by Crippen LogP contribution is -2.37. The zero-order valence-electron chi connectivity index (χ0n) is 18.8. The largest absolute Gasteiger partial charge is 0.449 e. The maximum absolute atomic E-state index is 13.5. The van der Waals surface area contributed by atoms with Gasteiger partial charge in [0.15, 0.2) is 0 Å². The molecule has 8 heteroatoms. The minimum absolute atomic E-state index is 0.154. The summed E-state index contributed by atoms with van der Waals surface area (Å²) in [5.74, 6) is 0.349. The Kier molecular flexibility index (Phi) is 6.53. The fourth-order valence-corrected chi connectivity index (χ4v) is 4.23. The monoisotopic (exact) mass is 491 g/mol. The van der Waals surface area contributed by atoms with Crippen LogP contribution in [0, 0.1) is 5.82 Å². The van der Waals surface area contributed by atoms with Gasteiger partial charge in [0.2, 0.25) is 5.75 Å². The van der Waals surface area contributed by atoms with E-state index in [9.17, 15) is 14.3 Å². The van der Waals surface area contributed by atoms with E-state index in [1.807, 2.05) is 17.0 Å². The molecule has 1 saturated heterocycles. The van der Waals surface area contributed by atoms with Crippen molar-refractivity contribution in [1.29, 1.82) is 0 Å². The summed E-state index contributed by atoms with van der Waals surface area (Å²) in [6.45, 7) is 1.18. The first-order valence-electron chi connectivity index (χ1n) is 11.3. The normalized spacial score (nSPS) is 14.2. The van der Waals surface area contributed by atoms with Crippen molar-refractivity contribution in [1.82, 2.24) is 9.78 Å². The molecule has 1 fully saturated rings. The third kappa shape index (κ3) is 5.06. The fourth-order valence-electron chi connectivity index (χ4n) is 4.10. The van der Waals surface area contributed by atoms with Crippen LogP contribution < -0.4 is 15.2 Å². The number of halogens is 2. The predicted molar refractivity (Wildman–Crippen MR) is 134 cm³/mol. The minimum atomic E-state index is -0.404. The van der Waals surface area contributed by atoms with Crippen molar-refractivity contribution in [3.05, 3.63) is 100 Å². The van der Waals surface area contributed by atoms with Gasteiger partial charge in [-0.2, -0.15) is 9.78 Å². The molecule has 2 heterocycles. The molecule has 4 aromatic rings. The number of hydrogen-bond acceptors (Lipinski definition) is 5. The predicted octanol–water partition coefficient (Wildman–Crippen LogP) is 5.45. The first-order valence-corrected chi connectivity index (χ1v) is 11.7. The van der Waals surface area contributed by atoms with Crippen LogP contribution in [0.4, 0.5) is 10.1 Å². The number of aliphatic hydroxyl groups is 1. The second-order valence-electron chi connectivity index (χ2n) is 8.40. The lowest BCUT2D eigenvalue weighted by Gasteiger charge is -2.32. The number of benzene rings is 3. The van der Waals surface area contributed by atoms with Crippen molar-refractivity contribution < 1.29 is 14.2 Å². The summed E-state index contributed by atoms with van der Waals surface area (Å²) >= 11 is 6.00. The van der Waals surface area contributed by atoms with Gasteiger partial charge in [-0.1, -0.05) is 35.9 Å². The van der Waals surface area contributed by atoms with Crippen LogP contribution >= 0.6 is 11.6 Å². The van der Waals surface area contributed by atoms with E-state index in [4.69, 9.17) is 16.3 Å². The Morgan fingerprint density at radius 2 is 1.51 bits per heavy atom. The fraction of sp³-hybridized carbons (Fsp3) is 0.185. The van der Waals surface area contributed by atoms with Crippen LogP contribution in [0.1, 0.15) is 12.8 Å². The van der Waals surface area contributed by atoms with Crippen molar-refractivity contribution >= 4 is 17.3 Å². The molecule has 6 nitrogen and oxygen atoms in total. The SMILES string of the molecule is O=c1c(Oc2ccc(-c3ccc(F)cc3)cc2)c(N2CCC(O)CC2)cnn1-c1ccc(Cl)cc1. The second-order valence-corrected chi connectivity index (χ2v) is 8.84. The Morgan fingerprint density at radius 3 is 2.14 bits per heavy atom. The molecule has 178 valence electrons.